The molecule has 4 aromatic heterocycles. The van der Waals surface area contributed by atoms with Crippen LogP contribution in [0.15, 0.2) is 134 Å². The minimum Gasteiger partial charge on any atom is -0.656 e. The van der Waals surface area contributed by atoms with Gasteiger partial charge in [0.2, 0.25) is 0 Å². The molecule has 0 fully saturated rings. The van der Waals surface area contributed by atoms with Crippen LogP contribution in [0.2, 0.25) is 0 Å². The maximum absolute atomic E-state index is 5.69. The average Bonchev–Trinajstić information content (AvgIpc) is 3.89. The number of imidazole rings is 1. The summed E-state index contributed by atoms with van der Waals surface area (Å²) in [5.74, 6) is 1.73. The Balaban J connectivity index is 0.00000462. The first-order valence-electron chi connectivity index (χ1n) is 20.7. The number of benzene rings is 6. The van der Waals surface area contributed by atoms with Crippen molar-refractivity contribution in [2.45, 2.75) is 78.6 Å². The Morgan fingerprint density at radius 3 is 1.93 bits per heavy atom. The quantitative estimate of drug-likeness (QED) is 0.165. The summed E-state index contributed by atoms with van der Waals surface area (Å²) in [4.78, 5) is 15.9. The van der Waals surface area contributed by atoms with Gasteiger partial charge in [0.05, 0.1) is 11.0 Å². The summed E-state index contributed by atoms with van der Waals surface area (Å²) in [7, 11) is 0. The molecule has 4 heterocycles. The Hall–Kier alpha value is -5.77. The molecule has 0 saturated heterocycles. The van der Waals surface area contributed by atoms with Crippen LogP contribution in [0.4, 0.5) is 0 Å². The van der Waals surface area contributed by atoms with Crippen LogP contribution in [0, 0.1) is 6.07 Å². The largest absolute Gasteiger partial charge is 2.00 e. The molecule has 0 aliphatic rings. The zero-order chi connectivity index (χ0) is 41.0. The van der Waals surface area contributed by atoms with Gasteiger partial charge in [-0.2, -0.15) is 0 Å². The molecule has 0 aliphatic carbocycles. The molecule has 5 nitrogen and oxygen atoms in total. The molecule has 300 valence electrons. The predicted molar refractivity (Wildman–Crippen MR) is 247 cm³/mol. The van der Waals surface area contributed by atoms with Crippen LogP contribution in [0.5, 0.6) is 0 Å². The van der Waals surface area contributed by atoms with Crippen molar-refractivity contribution in [1.82, 2.24) is 24.1 Å². The summed E-state index contributed by atoms with van der Waals surface area (Å²) in [6, 6.07) is 49.9. The normalized spacial score (nSPS) is 12.6. The van der Waals surface area contributed by atoms with E-state index < -0.39 is 0 Å². The molecule has 0 amide bonds. The van der Waals surface area contributed by atoms with Gasteiger partial charge in [-0.25, -0.2) is 9.97 Å². The summed E-state index contributed by atoms with van der Waals surface area (Å²) in [6.45, 7) is 20.5. The number of hydrogen-bond donors (Lipinski definition) is 0. The molecular weight excluding hydrogens is 914 g/mol. The van der Waals surface area contributed by atoms with E-state index in [1.165, 1.54) is 27.5 Å². The fraction of sp³-hybridized carbons (Fsp3) is 0.222. The molecule has 0 saturated carbocycles. The van der Waals surface area contributed by atoms with Crippen LogP contribution < -0.4 is 4.98 Å². The molecule has 6 aromatic carbocycles. The van der Waals surface area contributed by atoms with Crippen LogP contribution in [-0.4, -0.2) is 19.1 Å². The standard InChI is InChI=1S/C54H49N5.Pt/c1-52(2,3)34-21-24-37(25-22-34)58-46-18-14-16-38(33-20-26-40-39-15-10-11-17-45(39)59(47(40)29-33)48-19-12-13-28-55-48)50(46)57-51(58)43-32-36(54(7,8)9)31-42-41-30-35(53(4,5)6)23-27-44(41)56-49(42)43;/h10-28,30-32H,1-9H3;/q-2;+2. The van der Waals surface area contributed by atoms with Crippen molar-refractivity contribution < 1.29 is 21.1 Å². The Labute approximate surface area is 366 Å². The van der Waals surface area contributed by atoms with Gasteiger partial charge in [-0.05, 0) is 97.1 Å². The van der Waals surface area contributed by atoms with Crippen molar-refractivity contribution in [3.8, 4) is 34.0 Å². The number of nitrogens with zero attached hydrogens (tertiary/aromatic N) is 5. The zero-order valence-corrected chi connectivity index (χ0v) is 38.0. The van der Waals surface area contributed by atoms with Gasteiger partial charge >= 0.3 is 21.1 Å². The maximum Gasteiger partial charge on any atom is 2.00 e. The first kappa shape index (κ1) is 39.7. The van der Waals surface area contributed by atoms with Crippen LogP contribution in [-0.2, 0) is 37.3 Å². The van der Waals surface area contributed by atoms with Crippen molar-refractivity contribution in [1.29, 1.82) is 0 Å². The fourth-order valence-corrected chi connectivity index (χ4v) is 8.64. The van der Waals surface area contributed by atoms with Crippen molar-refractivity contribution in [2.75, 3.05) is 0 Å². The molecule has 0 bridgehead atoms. The van der Waals surface area contributed by atoms with E-state index in [4.69, 9.17) is 15.0 Å². The number of hydrogen-bond acceptors (Lipinski definition) is 2. The number of fused-ring (bicyclic) bond motifs is 7. The van der Waals surface area contributed by atoms with Crippen molar-refractivity contribution in [2.24, 2.45) is 0 Å². The Morgan fingerprint density at radius 2 is 1.22 bits per heavy atom. The maximum atomic E-state index is 5.69. The number of aromatic nitrogens is 5. The molecule has 10 aromatic rings. The van der Waals surface area contributed by atoms with Crippen LogP contribution >= 0.6 is 0 Å². The minimum atomic E-state index is -0.110. The van der Waals surface area contributed by atoms with E-state index in [-0.39, 0.29) is 37.3 Å². The van der Waals surface area contributed by atoms with E-state index in [2.05, 4.69) is 193 Å². The second kappa shape index (κ2) is 14.2. The van der Waals surface area contributed by atoms with E-state index >= 15 is 0 Å². The predicted octanol–water partition coefficient (Wildman–Crippen LogP) is 13.8. The van der Waals surface area contributed by atoms with Crippen molar-refractivity contribution in [3.63, 3.8) is 0 Å². The van der Waals surface area contributed by atoms with Gasteiger partial charge in [-0.1, -0.05) is 146 Å². The smallest absolute Gasteiger partial charge is 0.656 e. The summed E-state index contributed by atoms with van der Waals surface area (Å²) < 4.78 is 4.57. The first-order chi connectivity index (χ1) is 28.1. The topological polar surface area (TPSA) is 49.7 Å². The van der Waals surface area contributed by atoms with E-state index in [1.807, 2.05) is 18.3 Å². The minimum absolute atomic E-state index is 0. The second-order valence-corrected chi connectivity index (χ2v) is 19.2. The van der Waals surface area contributed by atoms with Gasteiger partial charge in [0.15, 0.2) is 0 Å². The summed E-state index contributed by atoms with van der Waals surface area (Å²) >= 11 is 0. The first-order valence-corrected chi connectivity index (χ1v) is 20.7. The molecule has 10 rings (SSSR count). The number of para-hydroxylation sites is 2. The molecule has 0 aliphatic heterocycles. The molecular formula is C54H49N5Pt. The third-order valence-corrected chi connectivity index (χ3v) is 12.0. The van der Waals surface area contributed by atoms with E-state index in [9.17, 15) is 0 Å². The Morgan fingerprint density at radius 1 is 0.533 bits per heavy atom. The monoisotopic (exact) mass is 962 g/mol. The van der Waals surface area contributed by atoms with E-state index in [0.29, 0.717) is 0 Å². The Kier molecular flexibility index (Phi) is 9.37. The number of pyridine rings is 1. The number of rotatable bonds is 4. The summed E-state index contributed by atoms with van der Waals surface area (Å²) in [5, 5.41) is 4.66. The third-order valence-electron chi connectivity index (χ3n) is 12.0. The van der Waals surface area contributed by atoms with E-state index in [0.717, 1.165) is 77.9 Å². The molecule has 0 unspecified atom stereocenters. The van der Waals surface area contributed by atoms with Gasteiger partial charge < -0.3 is 9.55 Å². The van der Waals surface area contributed by atoms with Gasteiger partial charge in [-0.3, -0.25) is 4.57 Å². The average molecular weight is 963 g/mol. The Bertz CT molecular complexity index is 3250. The van der Waals surface area contributed by atoms with Crippen LogP contribution in [0.25, 0.3) is 88.7 Å². The van der Waals surface area contributed by atoms with Gasteiger partial charge in [0.1, 0.15) is 11.6 Å². The molecule has 0 N–H and O–H groups in total. The zero-order valence-electron chi connectivity index (χ0n) is 35.8. The summed E-state index contributed by atoms with van der Waals surface area (Å²) in [6.07, 6.45) is 1.85. The van der Waals surface area contributed by atoms with Gasteiger partial charge in [-0.15, -0.1) is 34.8 Å². The van der Waals surface area contributed by atoms with E-state index in [1.54, 1.807) is 0 Å². The molecule has 0 atom stereocenters. The summed E-state index contributed by atoms with van der Waals surface area (Å²) in [5.41, 5.74) is 13.8. The SMILES string of the molecule is CC(C)(C)c1ccc(-n2c(-c3cc(C(C)(C)C)cc4c3[n-]c3ccc(C(C)(C)C)cc34)nc3c(-c4[c-]c5c(cc4)c4ccccc4n5-c4ccccn4)cccc32)cc1.[Pt+2]. The van der Waals surface area contributed by atoms with Gasteiger partial charge in [0.25, 0.3) is 0 Å². The molecule has 60 heavy (non-hydrogen) atoms. The molecule has 0 spiro atoms. The second-order valence-electron chi connectivity index (χ2n) is 19.2. The third kappa shape index (κ3) is 6.50. The van der Waals surface area contributed by atoms with Crippen LogP contribution in [0.1, 0.15) is 79.0 Å². The van der Waals surface area contributed by atoms with Gasteiger partial charge in [0, 0.05) is 23.0 Å². The molecule has 6 heteroatoms. The van der Waals surface area contributed by atoms with Crippen molar-refractivity contribution in [3.05, 3.63) is 156 Å². The van der Waals surface area contributed by atoms with Crippen molar-refractivity contribution >= 4 is 54.6 Å². The fourth-order valence-electron chi connectivity index (χ4n) is 8.64. The van der Waals surface area contributed by atoms with Crippen LogP contribution in [0.3, 0.4) is 0 Å². The molecule has 0 radical (unpaired) electrons.